The molecule has 0 aromatic carbocycles. The summed E-state index contributed by atoms with van der Waals surface area (Å²) in [7, 11) is 0. The van der Waals surface area contributed by atoms with Crippen molar-refractivity contribution in [2.24, 2.45) is 5.41 Å². The van der Waals surface area contributed by atoms with Crippen LogP contribution in [0, 0.1) is 5.41 Å². The number of carbonyl (C=O) groups excluding carboxylic acids is 2. The van der Waals surface area contributed by atoms with Crippen LogP contribution in [-0.2, 0) is 29.1 Å². The molecule has 0 saturated carbocycles. The Morgan fingerprint density at radius 3 is 2.73 bits per heavy atom. The predicted molar refractivity (Wildman–Crippen MR) is 118 cm³/mol. The molecule has 0 unspecified atom stereocenters. The van der Waals surface area contributed by atoms with Gasteiger partial charge < -0.3 is 9.80 Å². The molecule has 2 aliphatic heterocycles. The molecule has 2 aromatic rings. The van der Waals surface area contributed by atoms with Crippen molar-refractivity contribution >= 4 is 45.0 Å². The van der Waals surface area contributed by atoms with Crippen LogP contribution in [0.2, 0.25) is 0 Å². The van der Waals surface area contributed by atoms with Crippen LogP contribution in [0.5, 0.6) is 0 Å². The van der Waals surface area contributed by atoms with Gasteiger partial charge in [-0.1, -0.05) is 0 Å². The fourth-order valence-electron chi connectivity index (χ4n) is 4.21. The maximum atomic E-state index is 13.1. The minimum atomic E-state index is -0.600. The zero-order valence-electron chi connectivity index (χ0n) is 17.4. The molecule has 2 amide bonds. The van der Waals surface area contributed by atoms with Gasteiger partial charge in [0.25, 0.3) is 5.56 Å². The van der Waals surface area contributed by atoms with Crippen molar-refractivity contribution in [3.63, 3.8) is 0 Å². The van der Waals surface area contributed by atoms with E-state index in [9.17, 15) is 14.4 Å². The maximum absolute atomic E-state index is 13.1. The van der Waals surface area contributed by atoms with Gasteiger partial charge in [0.05, 0.1) is 23.7 Å². The summed E-state index contributed by atoms with van der Waals surface area (Å²) in [6, 6.07) is 0. The summed E-state index contributed by atoms with van der Waals surface area (Å²) in [6.07, 6.45) is 4.56. The van der Waals surface area contributed by atoms with Crippen LogP contribution in [0.15, 0.2) is 11.1 Å². The van der Waals surface area contributed by atoms with E-state index >= 15 is 0 Å². The first-order chi connectivity index (χ1) is 14.3. The first kappa shape index (κ1) is 21.3. The second kappa shape index (κ2) is 8.30. The number of halogens is 1. The van der Waals surface area contributed by atoms with Gasteiger partial charge >= 0.3 is 0 Å². The molecule has 0 N–H and O–H groups in total. The number of aryl methyl sites for hydroxylation is 1. The first-order valence-corrected chi connectivity index (χ1v) is 11.8. The summed E-state index contributed by atoms with van der Waals surface area (Å²) >= 11 is 7.48. The van der Waals surface area contributed by atoms with Gasteiger partial charge in [0, 0.05) is 43.4 Å². The Morgan fingerprint density at radius 2 is 2.03 bits per heavy atom. The highest BCUT2D eigenvalue weighted by atomic mass is 35.5. The van der Waals surface area contributed by atoms with Gasteiger partial charge in [-0.3, -0.25) is 19.0 Å². The van der Waals surface area contributed by atoms with Crippen molar-refractivity contribution in [3.05, 3.63) is 27.1 Å². The van der Waals surface area contributed by atoms with Gasteiger partial charge in [0.15, 0.2) is 0 Å². The van der Waals surface area contributed by atoms with Crippen LogP contribution < -0.4 is 5.56 Å². The lowest BCUT2D eigenvalue weighted by Gasteiger charge is -2.33. The van der Waals surface area contributed by atoms with E-state index in [1.807, 2.05) is 23.6 Å². The third-order valence-electron chi connectivity index (χ3n) is 6.03. The van der Waals surface area contributed by atoms with Gasteiger partial charge in [-0.2, -0.15) is 0 Å². The highest BCUT2D eigenvalue weighted by Crippen LogP contribution is 2.34. The van der Waals surface area contributed by atoms with Crippen LogP contribution in [0.25, 0.3) is 10.2 Å². The molecule has 2 aromatic heterocycles. The van der Waals surface area contributed by atoms with Crippen molar-refractivity contribution in [1.29, 1.82) is 0 Å². The smallest absolute Gasteiger partial charge is 0.262 e. The number of hydrogen-bond donors (Lipinski definition) is 0. The molecule has 0 bridgehead atoms. The van der Waals surface area contributed by atoms with Crippen LogP contribution in [0.3, 0.4) is 0 Å². The Balaban J connectivity index is 1.52. The van der Waals surface area contributed by atoms with E-state index in [2.05, 4.69) is 4.98 Å². The van der Waals surface area contributed by atoms with Gasteiger partial charge in [-0.05, 0) is 38.7 Å². The fourth-order valence-corrected chi connectivity index (χ4v) is 5.52. The molecule has 0 aliphatic carbocycles. The number of hydrogen-bond acceptors (Lipinski definition) is 5. The Morgan fingerprint density at radius 1 is 1.23 bits per heavy atom. The third-order valence-corrected chi connectivity index (χ3v) is 7.82. The van der Waals surface area contributed by atoms with E-state index in [4.69, 9.17) is 11.6 Å². The van der Waals surface area contributed by atoms with Crippen molar-refractivity contribution in [2.45, 2.75) is 52.6 Å². The number of likely N-dealkylation sites (tertiary alicyclic amines) is 1. The van der Waals surface area contributed by atoms with E-state index in [-0.39, 0.29) is 23.3 Å². The van der Waals surface area contributed by atoms with E-state index in [1.54, 1.807) is 10.9 Å². The molecule has 9 heteroatoms. The summed E-state index contributed by atoms with van der Waals surface area (Å²) in [6.45, 7) is 6.86. The summed E-state index contributed by atoms with van der Waals surface area (Å²) in [5, 5.41) is 0.693. The number of alkyl halides is 1. The molecule has 30 heavy (non-hydrogen) atoms. The normalized spacial score (nSPS) is 17.1. The number of nitrogens with zero attached hydrogens (tertiary/aromatic N) is 4. The lowest BCUT2D eigenvalue weighted by molar-refractivity contribution is -0.140. The van der Waals surface area contributed by atoms with Crippen molar-refractivity contribution in [3.8, 4) is 0 Å². The van der Waals surface area contributed by atoms with Crippen LogP contribution in [-0.4, -0.2) is 56.7 Å². The van der Waals surface area contributed by atoms with Gasteiger partial charge in [-0.25, -0.2) is 4.98 Å². The molecule has 4 rings (SSSR count). The molecule has 7 nitrogen and oxygen atoms in total. The Bertz CT molecular complexity index is 1040. The number of amides is 2. The summed E-state index contributed by atoms with van der Waals surface area (Å²) in [5.74, 6) is 0.526. The molecule has 0 atom stereocenters. The van der Waals surface area contributed by atoms with E-state index < -0.39 is 5.41 Å². The second-order valence-electron chi connectivity index (χ2n) is 8.76. The highest BCUT2D eigenvalue weighted by Gasteiger charge is 2.34. The van der Waals surface area contributed by atoms with E-state index in [0.29, 0.717) is 44.4 Å². The molecule has 1 saturated heterocycles. The lowest BCUT2D eigenvalue weighted by Crippen LogP contribution is -2.44. The Hall–Kier alpha value is -1.93. The van der Waals surface area contributed by atoms with Crippen LogP contribution >= 0.6 is 22.9 Å². The Kier molecular flexibility index (Phi) is 5.90. The van der Waals surface area contributed by atoms with Gasteiger partial charge in [-0.15, -0.1) is 22.9 Å². The van der Waals surface area contributed by atoms with Crippen molar-refractivity contribution < 1.29 is 9.59 Å². The molecule has 0 radical (unpaired) electrons. The molecule has 4 heterocycles. The topological polar surface area (TPSA) is 75.5 Å². The van der Waals surface area contributed by atoms with Gasteiger partial charge in [0.1, 0.15) is 4.83 Å². The van der Waals surface area contributed by atoms with Crippen molar-refractivity contribution in [1.82, 2.24) is 19.4 Å². The highest BCUT2D eigenvalue weighted by molar-refractivity contribution is 7.18. The monoisotopic (exact) mass is 450 g/mol. The van der Waals surface area contributed by atoms with Crippen molar-refractivity contribution in [2.75, 3.05) is 25.5 Å². The Labute approximate surface area is 184 Å². The number of aromatic nitrogens is 2. The lowest BCUT2D eigenvalue weighted by atomic mass is 9.93. The molecule has 1 fully saturated rings. The zero-order valence-corrected chi connectivity index (χ0v) is 19.0. The summed E-state index contributed by atoms with van der Waals surface area (Å²) in [5.41, 5.74) is 0.410. The van der Waals surface area contributed by atoms with Crippen LogP contribution in [0.1, 0.15) is 43.6 Å². The molecule has 2 aliphatic rings. The number of thiophene rings is 1. The quantitative estimate of drug-likeness (QED) is 0.634. The third kappa shape index (κ3) is 3.87. The number of rotatable bonds is 6. The largest absolute Gasteiger partial charge is 0.343 e. The van der Waals surface area contributed by atoms with Gasteiger partial charge in [0.2, 0.25) is 11.8 Å². The van der Waals surface area contributed by atoms with Crippen LogP contribution in [0.4, 0.5) is 0 Å². The summed E-state index contributed by atoms with van der Waals surface area (Å²) < 4.78 is 1.66. The average molecular weight is 451 g/mol. The molecular weight excluding hydrogens is 424 g/mol. The first-order valence-electron chi connectivity index (χ1n) is 10.4. The minimum Gasteiger partial charge on any atom is -0.343 e. The fraction of sp³-hybridized carbons (Fsp3) is 0.619. The minimum absolute atomic E-state index is 0.0221. The number of carbonyl (C=O) groups is 2. The molecule has 0 spiro atoms. The van der Waals surface area contributed by atoms with E-state index in [1.165, 1.54) is 11.3 Å². The average Bonchev–Trinajstić information content (AvgIpc) is 3.31. The summed E-state index contributed by atoms with van der Waals surface area (Å²) in [4.78, 5) is 47.7. The van der Waals surface area contributed by atoms with E-state index in [0.717, 1.165) is 34.7 Å². The standard InChI is InChI=1S/C21H27ClN4O3S/c1-21(2,12-22)20(29)25-10-6-14-15(11-25)30-18-17(14)19(28)26(13-23-18)9-4-8-24-7-3-5-16(24)27/h13H,3-12H2,1-2H3. The molecule has 162 valence electrons. The predicted octanol–water partition coefficient (Wildman–Crippen LogP) is 2.62. The second-order valence-corrected chi connectivity index (χ2v) is 10.1. The SMILES string of the molecule is CC(C)(CCl)C(=O)N1CCc2c(sc3ncn(CCCN4CCCC4=O)c(=O)c23)C1. The zero-order chi connectivity index (χ0) is 21.5. The number of fused-ring (bicyclic) bond motifs is 3. The maximum Gasteiger partial charge on any atom is 0.262 e. The molecular formula is C21H27ClN4O3S.